The monoisotopic (exact) mass is 903 g/mol. The number of ether oxygens (including phenoxy) is 10. The fourth-order valence-corrected chi connectivity index (χ4v) is 13.4. The van der Waals surface area contributed by atoms with Gasteiger partial charge in [-0.2, -0.15) is 0 Å². The number of carbonyl (C=O) groups excluding carboxylic acids is 1. The van der Waals surface area contributed by atoms with Gasteiger partial charge in [-0.3, -0.25) is 0 Å². The van der Waals surface area contributed by atoms with Gasteiger partial charge in [0.1, 0.15) is 36.6 Å². The van der Waals surface area contributed by atoms with Crippen molar-refractivity contribution in [1.29, 1.82) is 0 Å². The van der Waals surface area contributed by atoms with E-state index in [0.29, 0.717) is 44.1 Å². The molecule has 3 heterocycles. The van der Waals surface area contributed by atoms with E-state index in [4.69, 9.17) is 47.4 Å². The minimum atomic E-state index is -1.22. The number of allylic oxidation sites excluding steroid dienone is 1. The molecule has 0 spiro atoms. The maximum atomic E-state index is 13.7. The molecule has 0 unspecified atom stereocenters. The fraction of sp³-hybridized carbons (Fsp3) is 0.816. The molecule has 15 heteroatoms. The van der Waals surface area contributed by atoms with E-state index in [2.05, 4.69) is 13.0 Å². The van der Waals surface area contributed by atoms with Gasteiger partial charge in [0.2, 0.25) is 0 Å². The van der Waals surface area contributed by atoms with E-state index >= 15 is 0 Å². The summed E-state index contributed by atoms with van der Waals surface area (Å²) in [5, 5.41) is 45.3. The molecule has 0 radical (unpaired) electrons. The molecule has 4 aliphatic carbocycles. The molecule has 1 aromatic rings. The van der Waals surface area contributed by atoms with Gasteiger partial charge in [-0.1, -0.05) is 43.7 Å². The molecule has 360 valence electrons. The second-order valence-corrected chi connectivity index (χ2v) is 20.3. The molecule has 6 fully saturated rings. The van der Waals surface area contributed by atoms with Crippen LogP contribution < -0.4 is 0 Å². The number of fused-ring (bicyclic) bond motifs is 5. The quantitative estimate of drug-likeness (QED) is 0.165. The zero-order valence-electron chi connectivity index (χ0n) is 39.1. The third-order valence-corrected chi connectivity index (χ3v) is 17.1. The van der Waals surface area contributed by atoms with Crippen molar-refractivity contribution >= 4 is 5.97 Å². The summed E-state index contributed by atoms with van der Waals surface area (Å²) in [5.41, 5.74) is -0.345. The number of aliphatic hydroxyl groups is 4. The SMILES string of the molecule is CO[C@H]1[C@@H](O)[C@H](O[C@H]2[C@@H](OC)C[C@H](O[C@H]3[C@@H](OC)C[C@H](O[C@H]4CC[C@@]5(C)C(=CC[C@H]6[C@@H]5C[C@@H](OC(=O)c5ccccc5)[C@]5(C)[C@@H]([C@@H](C)O)CC[C@]65O)C4)O[C@@H]3C)O[C@@H]2C)O[C@H](C)[C@H]1O. The Kier molecular flexibility index (Phi) is 14.5. The molecule has 3 aliphatic heterocycles. The molecule has 15 nitrogen and oxygen atoms in total. The van der Waals surface area contributed by atoms with Crippen LogP contribution in [0.4, 0.5) is 0 Å². The first-order valence-corrected chi connectivity index (χ1v) is 23.7. The first-order valence-electron chi connectivity index (χ1n) is 23.7. The maximum Gasteiger partial charge on any atom is 0.338 e. The van der Waals surface area contributed by atoms with Crippen molar-refractivity contribution in [2.24, 2.45) is 28.6 Å². The van der Waals surface area contributed by atoms with Crippen LogP contribution in [0.2, 0.25) is 0 Å². The molecule has 0 amide bonds. The minimum absolute atomic E-state index is 0.0314. The largest absolute Gasteiger partial charge is 0.458 e. The van der Waals surface area contributed by atoms with Gasteiger partial charge >= 0.3 is 5.97 Å². The lowest BCUT2D eigenvalue weighted by molar-refractivity contribution is -0.352. The molecule has 64 heavy (non-hydrogen) atoms. The maximum absolute atomic E-state index is 13.7. The van der Waals surface area contributed by atoms with Crippen LogP contribution in [-0.4, -0.2) is 152 Å². The summed E-state index contributed by atoms with van der Waals surface area (Å²) < 4.78 is 62.1. The summed E-state index contributed by atoms with van der Waals surface area (Å²) in [7, 11) is 4.69. The Balaban J connectivity index is 0.900. The lowest BCUT2D eigenvalue weighted by atomic mass is 9.44. The van der Waals surface area contributed by atoms with Crippen LogP contribution in [0.15, 0.2) is 42.0 Å². The van der Waals surface area contributed by atoms with Crippen molar-refractivity contribution in [3.63, 3.8) is 0 Å². The molecule has 22 atom stereocenters. The molecular weight excluding hydrogens is 829 g/mol. The van der Waals surface area contributed by atoms with E-state index in [1.54, 1.807) is 40.2 Å². The highest BCUT2D eigenvalue weighted by Crippen LogP contribution is 2.69. The van der Waals surface area contributed by atoms with Gasteiger partial charge in [-0.05, 0) is 108 Å². The zero-order valence-corrected chi connectivity index (χ0v) is 39.1. The summed E-state index contributed by atoms with van der Waals surface area (Å²) in [6, 6.07) is 9.04. The highest BCUT2D eigenvalue weighted by molar-refractivity contribution is 5.89. The average molecular weight is 903 g/mol. The Morgan fingerprint density at radius 2 is 1.41 bits per heavy atom. The number of carbonyl (C=O) groups is 1. The van der Waals surface area contributed by atoms with Crippen LogP contribution >= 0.6 is 0 Å². The molecule has 3 saturated heterocycles. The third-order valence-electron chi connectivity index (χ3n) is 17.1. The van der Waals surface area contributed by atoms with Crippen molar-refractivity contribution in [2.75, 3.05) is 21.3 Å². The Labute approximate surface area is 378 Å². The van der Waals surface area contributed by atoms with Crippen LogP contribution in [0.1, 0.15) is 110 Å². The number of rotatable bonds is 12. The number of aliphatic hydroxyl groups excluding tert-OH is 3. The zero-order chi connectivity index (χ0) is 45.9. The second-order valence-electron chi connectivity index (χ2n) is 20.3. The molecule has 3 saturated carbocycles. The van der Waals surface area contributed by atoms with Gasteiger partial charge < -0.3 is 67.8 Å². The molecule has 7 aliphatic rings. The number of methoxy groups -OCH3 is 3. The van der Waals surface area contributed by atoms with Gasteiger partial charge in [-0.15, -0.1) is 0 Å². The van der Waals surface area contributed by atoms with Crippen LogP contribution in [0.5, 0.6) is 0 Å². The van der Waals surface area contributed by atoms with E-state index in [-0.39, 0.29) is 35.4 Å². The van der Waals surface area contributed by atoms with Crippen molar-refractivity contribution in [3.05, 3.63) is 47.5 Å². The normalized spacial score (nSPS) is 48.6. The molecule has 8 rings (SSSR count). The smallest absolute Gasteiger partial charge is 0.338 e. The van der Waals surface area contributed by atoms with E-state index in [0.717, 1.165) is 19.3 Å². The third kappa shape index (κ3) is 8.55. The highest BCUT2D eigenvalue weighted by atomic mass is 16.8. The van der Waals surface area contributed by atoms with Crippen LogP contribution in [0.3, 0.4) is 0 Å². The van der Waals surface area contributed by atoms with Gasteiger partial charge in [-0.25, -0.2) is 4.79 Å². The number of hydrogen-bond donors (Lipinski definition) is 4. The van der Waals surface area contributed by atoms with Crippen molar-refractivity contribution in [1.82, 2.24) is 0 Å². The first-order chi connectivity index (χ1) is 30.5. The van der Waals surface area contributed by atoms with Gasteiger partial charge in [0.15, 0.2) is 18.9 Å². The standard InChI is InChI=1S/C49H74O15/c1-25(50)32-18-20-49(54)33-16-15-30-21-31(17-19-47(30,5)34(33)22-37(48(32,49)6)62-45(53)29-13-11-10-12-14-29)61-38-23-35(55-7)42(27(3)58-38)63-39-24-36(56-8)43(28(4)59-39)64-46-41(52)44(57-9)40(51)26(2)60-46/h10-15,25-28,31-44,46,50-52,54H,16-24H2,1-9H3/t25-,26-,27-,28-,31+,32-,33+,34+,35+,36+,37-,38+,39+,40-,41-,42-,43-,44-,46+,47+,48+,49+/m1/s1. The number of hydrogen-bond acceptors (Lipinski definition) is 15. The summed E-state index contributed by atoms with van der Waals surface area (Å²) in [4.78, 5) is 13.7. The molecule has 0 aromatic heterocycles. The summed E-state index contributed by atoms with van der Waals surface area (Å²) in [6.45, 7) is 11.7. The summed E-state index contributed by atoms with van der Waals surface area (Å²) in [6.07, 6.45) is -1.95. The number of benzene rings is 1. The van der Waals surface area contributed by atoms with Gasteiger partial charge in [0, 0.05) is 39.6 Å². The van der Waals surface area contributed by atoms with E-state index in [1.807, 2.05) is 39.0 Å². The molecular formula is C49H74O15. The van der Waals surface area contributed by atoms with Crippen LogP contribution in [0, 0.1) is 28.6 Å². The molecule has 4 N–H and O–H groups in total. The van der Waals surface area contributed by atoms with Crippen LogP contribution in [-0.2, 0) is 47.4 Å². The Morgan fingerprint density at radius 3 is 2.03 bits per heavy atom. The Bertz CT molecular complexity index is 1780. The predicted molar refractivity (Wildman–Crippen MR) is 231 cm³/mol. The predicted octanol–water partition coefficient (Wildman–Crippen LogP) is 4.83. The lowest BCUT2D eigenvalue weighted by Gasteiger charge is -2.63. The van der Waals surface area contributed by atoms with Crippen molar-refractivity contribution in [3.8, 4) is 0 Å². The molecule has 0 bridgehead atoms. The Morgan fingerprint density at radius 1 is 0.766 bits per heavy atom. The van der Waals surface area contributed by atoms with E-state index in [9.17, 15) is 25.2 Å². The Hall–Kier alpha value is -2.09. The topological polar surface area (TPSA) is 190 Å². The van der Waals surface area contributed by atoms with E-state index in [1.165, 1.54) is 12.7 Å². The summed E-state index contributed by atoms with van der Waals surface area (Å²) >= 11 is 0. The minimum Gasteiger partial charge on any atom is -0.458 e. The first kappa shape index (κ1) is 48.4. The van der Waals surface area contributed by atoms with E-state index < -0.39 is 103 Å². The fourth-order valence-electron chi connectivity index (χ4n) is 13.4. The number of esters is 1. The van der Waals surface area contributed by atoms with Crippen molar-refractivity contribution < 1.29 is 72.6 Å². The van der Waals surface area contributed by atoms with Crippen molar-refractivity contribution in [2.45, 2.75) is 203 Å². The van der Waals surface area contributed by atoms with Crippen LogP contribution in [0.25, 0.3) is 0 Å². The average Bonchev–Trinajstić information content (AvgIpc) is 3.56. The second kappa shape index (κ2) is 19.1. The van der Waals surface area contributed by atoms with Gasteiger partial charge in [0.25, 0.3) is 0 Å². The molecule has 1 aromatic carbocycles. The van der Waals surface area contributed by atoms with Gasteiger partial charge in [0.05, 0.1) is 53.9 Å². The highest BCUT2D eigenvalue weighted by Gasteiger charge is 2.71. The summed E-state index contributed by atoms with van der Waals surface area (Å²) in [5.74, 6) is -0.557. The lowest BCUT2D eigenvalue weighted by Crippen LogP contribution is -2.67.